The Balaban J connectivity index is 1.62. The van der Waals surface area contributed by atoms with E-state index in [-0.39, 0.29) is 6.10 Å². The van der Waals surface area contributed by atoms with Crippen LogP contribution in [0.2, 0.25) is 25.2 Å². The molecular weight excluding hydrogens is 302 g/mol. The summed E-state index contributed by atoms with van der Waals surface area (Å²) < 4.78 is 0. The van der Waals surface area contributed by atoms with Gasteiger partial charge in [0, 0.05) is 19.1 Å². The molecule has 0 atom stereocenters. The molecular formula is C18H31N3OSi. The third kappa shape index (κ3) is 4.26. The third-order valence-corrected chi connectivity index (χ3v) is 8.72. The van der Waals surface area contributed by atoms with Crippen LogP contribution in [0.3, 0.4) is 0 Å². The van der Waals surface area contributed by atoms with Crippen molar-refractivity contribution in [2.24, 2.45) is 0 Å². The molecule has 3 rings (SSSR count). The minimum atomic E-state index is -0.927. The van der Waals surface area contributed by atoms with Gasteiger partial charge in [0.15, 0.2) is 0 Å². The van der Waals surface area contributed by atoms with Gasteiger partial charge < -0.3 is 15.3 Å². The van der Waals surface area contributed by atoms with Gasteiger partial charge in [0.1, 0.15) is 5.82 Å². The molecule has 23 heavy (non-hydrogen) atoms. The molecule has 5 heteroatoms. The predicted molar refractivity (Wildman–Crippen MR) is 100 cm³/mol. The summed E-state index contributed by atoms with van der Waals surface area (Å²) in [7, 11) is -0.927. The number of pyridine rings is 1. The fourth-order valence-corrected chi connectivity index (χ4v) is 5.66. The van der Waals surface area contributed by atoms with Gasteiger partial charge in [0.05, 0.1) is 25.6 Å². The van der Waals surface area contributed by atoms with Crippen LogP contribution in [-0.4, -0.2) is 43.4 Å². The summed E-state index contributed by atoms with van der Waals surface area (Å²) in [6, 6.07) is 7.59. The zero-order chi connectivity index (χ0) is 16.4. The number of aliphatic hydroxyl groups is 1. The summed E-state index contributed by atoms with van der Waals surface area (Å²) in [6.45, 7) is 9.43. The molecule has 1 aliphatic heterocycles. The molecule has 1 aromatic rings. The van der Waals surface area contributed by atoms with Crippen molar-refractivity contribution in [1.82, 2.24) is 4.98 Å². The van der Waals surface area contributed by atoms with Gasteiger partial charge >= 0.3 is 0 Å². The topological polar surface area (TPSA) is 48.4 Å². The van der Waals surface area contributed by atoms with E-state index in [0.717, 1.165) is 42.9 Å². The Morgan fingerprint density at radius 1 is 1.13 bits per heavy atom. The maximum absolute atomic E-state index is 9.62. The fourth-order valence-electron chi connectivity index (χ4n) is 3.66. The Morgan fingerprint density at radius 3 is 2.39 bits per heavy atom. The molecule has 0 radical (unpaired) electrons. The zero-order valence-corrected chi connectivity index (χ0v) is 15.8. The number of nitrogens with zero attached hydrogens (tertiary/aromatic N) is 2. The second-order valence-corrected chi connectivity index (χ2v) is 13.4. The highest BCUT2D eigenvalue weighted by atomic mass is 28.3. The molecule has 1 aromatic heterocycles. The normalized spacial score (nSPS) is 27.7. The van der Waals surface area contributed by atoms with Crippen LogP contribution in [0, 0.1) is 6.92 Å². The Kier molecular flexibility index (Phi) is 4.97. The summed E-state index contributed by atoms with van der Waals surface area (Å²) in [4.78, 5) is 7.30. The van der Waals surface area contributed by atoms with E-state index in [1.807, 2.05) is 0 Å². The van der Waals surface area contributed by atoms with Crippen LogP contribution in [0.1, 0.15) is 31.4 Å². The van der Waals surface area contributed by atoms with Crippen molar-refractivity contribution in [2.45, 2.75) is 69.9 Å². The Morgan fingerprint density at radius 2 is 1.78 bits per heavy atom. The van der Waals surface area contributed by atoms with Crippen LogP contribution in [0.15, 0.2) is 12.1 Å². The van der Waals surface area contributed by atoms with Gasteiger partial charge in [-0.3, -0.25) is 0 Å². The van der Waals surface area contributed by atoms with E-state index in [4.69, 9.17) is 4.98 Å². The molecule has 0 amide bonds. The van der Waals surface area contributed by atoms with Gasteiger partial charge in [-0.15, -0.1) is 0 Å². The van der Waals surface area contributed by atoms with Crippen LogP contribution in [0.5, 0.6) is 0 Å². The van der Waals surface area contributed by atoms with Crippen LogP contribution in [-0.2, 0) is 0 Å². The maximum Gasteiger partial charge on any atom is 0.128 e. The van der Waals surface area contributed by atoms with Crippen LogP contribution in [0.4, 0.5) is 11.5 Å². The molecule has 0 bridgehead atoms. The zero-order valence-electron chi connectivity index (χ0n) is 14.8. The van der Waals surface area contributed by atoms with Crippen LogP contribution in [0.25, 0.3) is 0 Å². The quantitative estimate of drug-likeness (QED) is 0.829. The molecule has 0 unspecified atom stereocenters. The highest BCUT2D eigenvalue weighted by Crippen LogP contribution is 2.28. The average molecular weight is 334 g/mol. The number of hydrogen-bond acceptors (Lipinski definition) is 4. The number of nitrogens with one attached hydrogen (secondary N) is 1. The molecule has 128 valence electrons. The Labute approximate surface area is 141 Å². The molecule has 1 aliphatic carbocycles. The lowest BCUT2D eigenvalue weighted by molar-refractivity contribution is 0.126. The first-order valence-corrected chi connectivity index (χ1v) is 12.5. The minimum Gasteiger partial charge on any atom is -0.393 e. The molecule has 2 fully saturated rings. The molecule has 2 N–H and O–H groups in total. The van der Waals surface area contributed by atoms with Gasteiger partial charge in [-0.2, -0.15) is 0 Å². The summed E-state index contributed by atoms with van der Waals surface area (Å²) in [5.74, 6) is 1.14. The average Bonchev–Trinajstić information content (AvgIpc) is 2.51. The predicted octanol–water partition coefficient (Wildman–Crippen LogP) is 3.63. The van der Waals surface area contributed by atoms with E-state index in [0.29, 0.717) is 6.04 Å². The monoisotopic (exact) mass is 333 g/mol. The second-order valence-electron chi connectivity index (χ2n) is 8.10. The van der Waals surface area contributed by atoms with Gasteiger partial charge in [0.2, 0.25) is 0 Å². The molecule has 2 heterocycles. The minimum absolute atomic E-state index is 0.0958. The first kappa shape index (κ1) is 16.8. The van der Waals surface area contributed by atoms with Crippen molar-refractivity contribution in [3.8, 4) is 0 Å². The summed E-state index contributed by atoms with van der Waals surface area (Å²) in [5.41, 5.74) is 2.25. The Hall–Kier alpha value is -1.07. The van der Waals surface area contributed by atoms with Gasteiger partial charge in [0.25, 0.3) is 0 Å². The van der Waals surface area contributed by atoms with Gasteiger partial charge in [-0.1, -0.05) is 13.1 Å². The first-order chi connectivity index (χ1) is 10.9. The van der Waals surface area contributed by atoms with Crippen LogP contribution >= 0.6 is 0 Å². The number of aliphatic hydroxyl groups excluding tert-OH is 1. The lowest BCUT2D eigenvalue weighted by Crippen LogP contribution is -2.43. The van der Waals surface area contributed by atoms with E-state index in [1.165, 1.54) is 25.2 Å². The van der Waals surface area contributed by atoms with Gasteiger partial charge in [-0.05, 0) is 56.8 Å². The smallest absolute Gasteiger partial charge is 0.128 e. The number of aryl methyl sites for hydroxylation is 1. The number of hydrogen-bond donors (Lipinski definition) is 2. The number of aromatic nitrogens is 1. The lowest BCUT2D eigenvalue weighted by atomic mass is 9.93. The number of rotatable bonds is 3. The van der Waals surface area contributed by atoms with Crippen molar-refractivity contribution in [3.05, 3.63) is 17.8 Å². The Bertz CT molecular complexity index is 531. The first-order valence-electron chi connectivity index (χ1n) is 9.10. The highest BCUT2D eigenvalue weighted by Gasteiger charge is 2.28. The van der Waals surface area contributed by atoms with Crippen molar-refractivity contribution < 1.29 is 5.11 Å². The summed E-state index contributed by atoms with van der Waals surface area (Å²) >= 11 is 0. The van der Waals surface area contributed by atoms with Crippen LogP contribution < -0.4 is 10.2 Å². The van der Waals surface area contributed by atoms with E-state index in [2.05, 4.69) is 42.4 Å². The maximum atomic E-state index is 9.62. The summed E-state index contributed by atoms with van der Waals surface area (Å²) in [5, 5.41) is 13.2. The number of anilines is 2. The van der Waals surface area contributed by atoms with E-state index in [1.54, 1.807) is 0 Å². The van der Waals surface area contributed by atoms with E-state index >= 15 is 0 Å². The fraction of sp³-hybridized carbons (Fsp3) is 0.722. The molecule has 1 saturated carbocycles. The van der Waals surface area contributed by atoms with Crippen molar-refractivity contribution in [2.75, 3.05) is 23.3 Å². The largest absolute Gasteiger partial charge is 0.393 e. The lowest BCUT2D eigenvalue weighted by Gasteiger charge is -2.36. The molecule has 0 spiro atoms. The SMILES string of the molecule is Cc1nc(N2CC[Si](C)(C)CC2)ccc1NC1CCC(O)CC1. The summed E-state index contributed by atoms with van der Waals surface area (Å²) in [6.07, 6.45) is 3.83. The molecule has 1 saturated heterocycles. The van der Waals surface area contributed by atoms with E-state index < -0.39 is 8.07 Å². The highest BCUT2D eigenvalue weighted by molar-refractivity contribution is 6.77. The van der Waals surface area contributed by atoms with Gasteiger partial charge in [-0.25, -0.2) is 4.98 Å². The third-order valence-electron chi connectivity index (χ3n) is 5.57. The second kappa shape index (κ2) is 6.81. The van der Waals surface area contributed by atoms with Crippen molar-refractivity contribution in [1.29, 1.82) is 0 Å². The van der Waals surface area contributed by atoms with E-state index in [9.17, 15) is 5.11 Å². The van der Waals surface area contributed by atoms with Crippen molar-refractivity contribution in [3.63, 3.8) is 0 Å². The molecule has 2 aliphatic rings. The molecule has 0 aromatic carbocycles. The molecule has 4 nitrogen and oxygen atoms in total. The van der Waals surface area contributed by atoms with Crippen molar-refractivity contribution >= 4 is 19.6 Å². The standard InChI is InChI=1S/C18H31N3OSi/c1-14-17(20-15-4-6-16(22)7-5-15)8-9-18(19-14)21-10-12-23(2,3)13-11-21/h8-9,15-16,20,22H,4-7,10-13H2,1-3H3.